The predicted octanol–water partition coefficient (Wildman–Crippen LogP) is 2.60. The Balaban J connectivity index is 2.35. The van der Waals surface area contributed by atoms with Crippen molar-refractivity contribution in [3.63, 3.8) is 0 Å². The van der Waals surface area contributed by atoms with E-state index in [1.54, 1.807) is 0 Å². The Morgan fingerprint density at radius 3 is 2.72 bits per heavy atom. The molecule has 0 spiro atoms. The lowest BCUT2D eigenvalue weighted by molar-refractivity contribution is -0.138. The van der Waals surface area contributed by atoms with Gasteiger partial charge in [-0.1, -0.05) is 6.07 Å². The lowest BCUT2D eigenvalue weighted by atomic mass is 10.1. The summed E-state index contributed by atoms with van der Waals surface area (Å²) in [6, 6.07) is 3.21. The zero-order chi connectivity index (χ0) is 13.3. The van der Waals surface area contributed by atoms with Crippen LogP contribution in [0.3, 0.4) is 0 Å². The predicted molar refractivity (Wildman–Crippen MR) is 57.1 cm³/mol. The molecule has 2 aromatic rings. The molecule has 0 radical (unpaired) electrons. The van der Waals surface area contributed by atoms with E-state index in [4.69, 9.17) is 5.11 Å². The Labute approximate surface area is 99.4 Å². The number of nitrogens with one attached hydrogen (secondary N) is 1. The molecule has 7 heteroatoms. The number of nitrogens with zero attached hydrogens (tertiary/aromatic N) is 1. The van der Waals surface area contributed by atoms with Gasteiger partial charge in [-0.3, -0.25) is 9.89 Å². The van der Waals surface area contributed by atoms with Crippen molar-refractivity contribution in [1.82, 2.24) is 10.2 Å². The van der Waals surface area contributed by atoms with Crippen molar-refractivity contribution in [2.24, 2.45) is 0 Å². The molecular formula is C11H9F3N2O2. The van der Waals surface area contributed by atoms with E-state index in [0.29, 0.717) is 11.1 Å². The maximum Gasteiger partial charge on any atom is 0.416 e. The molecule has 2 rings (SSSR count). The van der Waals surface area contributed by atoms with Gasteiger partial charge in [0, 0.05) is 17.5 Å². The second-order valence-corrected chi connectivity index (χ2v) is 3.83. The number of aliphatic carboxylic acids is 1. The molecular weight excluding hydrogens is 249 g/mol. The quantitative estimate of drug-likeness (QED) is 0.889. The molecule has 0 atom stereocenters. The van der Waals surface area contributed by atoms with Gasteiger partial charge in [0.15, 0.2) is 0 Å². The zero-order valence-electron chi connectivity index (χ0n) is 9.08. The van der Waals surface area contributed by atoms with E-state index < -0.39 is 17.7 Å². The fourth-order valence-corrected chi connectivity index (χ4v) is 1.67. The van der Waals surface area contributed by atoms with Gasteiger partial charge >= 0.3 is 12.1 Å². The number of rotatable bonds is 3. The van der Waals surface area contributed by atoms with Gasteiger partial charge in [0.2, 0.25) is 0 Å². The van der Waals surface area contributed by atoms with Crippen LogP contribution in [0, 0.1) is 0 Å². The monoisotopic (exact) mass is 258 g/mol. The Morgan fingerprint density at radius 1 is 1.39 bits per heavy atom. The summed E-state index contributed by atoms with van der Waals surface area (Å²) in [6.07, 6.45) is -4.30. The Hall–Kier alpha value is -2.05. The molecule has 4 nitrogen and oxygen atoms in total. The standard InChI is InChI=1S/C11H9F3N2O2/c12-11(13,14)6-1-2-7-8(3-4-10(17)18)15-16-9(7)5-6/h1-2,5H,3-4H2,(H,15,16)(H,17,18). The Bertz CT molecular complexity index is 589. The molecule has 0 saturated heterocycles. The lowest BCUT2D eigenvalue weighted by Crippen LogP contribution is -2.04. The van der Waals surface area contributed by atoms with E-state index in [1.165, 1.54) is 6.07 Å². The van der Waals surface area contributed by atoms with Gasteiger partial charge in [-0.05, 0) is 12.1 Å². The third kappa shape index (κ3) is 2.44. The first-order valence-electron chi connectivity index (χ1n) is 5.14. The van der Waals surface area contributed by atoms with Crippen LogP contribution in [0.5, 0.6) is 0 Å². The summed E-state index contributed by atoms with van der Waals surface area (Å²) < 4.78 is 37.4. The first-order chi connectivity index (χ1) is 8.38. The van der Waals surface area contributed by atoms with Gasteiger partial charge in [-0.15, -0.1) is 0 Å². The number of halogens is 3. The molecule has 0 saturated carbocycles. The van der Waals surface area contributed by atoms with Crippen molar-refractivity contribution in [3.05, 3.63) is 29.5 Å². The van der Waals surface area contributed by atoms with Crippen LogP contribution in [0.25, 0.3) is 10.9 Å². The zero-order valence-corrected chi connectivity index (χ0v) is 9.08. The maximum atomic E-state index is 12.5. The van der Waals surface area contributed by atoms with Crippen LogP contribution in [0.4, 0.5) is 13.2 Å². The van der Waals surface area contributed by atoms with Gasteiger partial charge in [-0.2, -0.15) is 18.3 Å². The highest BCUT2D eigenvalue weighted by Crippen LogP contribution is 2.31. The molecule has 1 heterocycles. The maximum absolute atomic E-state index is 12.5. The van der Waals surface area contributed by atoms with E-state index in [1.807, 2.05) is 0 Å². The Morgan fingerprint density at radius 2 is 2.11 bits per heavy atom. The normalized spacial score (nSPS) is 11.9. The minimum atomic E-state index is -4.41. The van der Waals surface area contributed by atoms with Gasteiger partial charge in [0.05, 0.1) is 17.5 Å². The van der Waals surface area contributed by atoms with E-state index in [9.17, 15) is 18.0 Å². The minimum absolute atomic E-state index is 0.0989. The summed E-state index contributed by atoms with van der Waals surface area (Å²) in [4.78, 5) is 10.4. The smallest absolute Gasteiger partial charge is 0.416 e. The second kappa shape index (κ2) is 4.32. The number of alkyl halides is 3. The van der Waals surface area contributed by atoms with Gasteiger partial charge in [0.25, 0.3) is 0 Å². The van der Waals surface area contributed by atoms with Crippen molar-refractivity contribution in [3.8, 4) is 0 Å². The van der Waals surface area contributed by atoms with Crippen LogP contribution < -0.4 is 0 Å². The van der Waals surface area contributed by atoms with Crippen LogP contribution in [0.1, 0.15) is 17.7 Å². The van der Waals surface area contributed by atoms with Crippen LogP contribution in [-0.2, 0) is 17.4 Å². The first-order valence-corrected chi connectivity index (χ1v) is 5.14. The van der Waals surface area contributed by atoms with Gasteiger partial charge < -0.3 is 5.11 Å². The average Bonchev–Trinajstić information content (AvgIpc) is 2.67. The molecule has 0 unspecified atom stereocenters. The molecule has 0 aliphatic rings. The number of benzene rings is 1. The molecule has 0 bridgehead atoms. The highest BCUT2D eigenvalue weighted by Gasteiger charge is 2.30. The molecule has 0 amide bonds. The number of fused-ring (bicyclic) bond motifs is 1. The van der Waals surface area contributed by atoms with E-state index >= 15 is 0 Å². The number of aryl methyl sites for hydroxylation is 1. The van der Waals surface area contributed by atoms with Crippen molar-refractivity contribution < 1.29 is 23.1 Å². The lowest BCUT2D eigenvalue weighted by Gasteiger charge is -2.05. The number of carboxylic acids is 1. The molecule has 0 aliphatic carbocycles. The summed E-state index contributed by atoms with van der Waals surface area (Å²) in [7, 11) is 0. The van der Waals surface area contributed by atoms with Gasteiger partial charge in [0.1, 0.15) is 0 Å². The highest BCUT2D eigenvalue weighted by molar-refractivity contribution is 5.82. The van der Waals surface area contributed by atoms with Crippen LogP contribution in [-0.4, -0.2) is 21.3 Å². The molecule has 2 N–H and O–H groups in total. The molecule has 18 heavy (non-hydrogen) atoms. The van der Waals surface area contributed by atoms with Crippen LogP contribution in [0.15, 0.2) is 18.2 Å². The summed E-state index contributed by atoms with van der Waals surface area (Å²) in [5, 5.41) is 15.4. The average molecular weight is 258 g/mol. The van der Waals surface area contributed by atoms with E-state index in [-0.39, 0.29) is 18.4 Å². The topological polar surface area (TPSA) is 66.0 Å². The van der Waals surface area contributed by atoms with Crippen molar-refractivity contribution >= 4 is 16.9 Å². The van der Waals surface area contributed by atoms with Gasteiger partial charge in [-0.25, -0.2) is 0 Å². The Kier molecular flexibility index (Phi) is 2.98. The number of hydrogen-bond acceptors (Lipinski definition) is 2. The molecule has 96 valence electrons. The fourth-order valence-electron chi connectivity index (χ4n) is 1.67. The minimum Gasteiger partial charge on any atom is -0.481 e. The largest absolute Gasteiger partial charge is 0.481 e. The van der Waals surface area contributed by atoms with Crippen LogP contribution >= 0.6 is 0 Å². The summed E-state index contributed by atoms with van der Waals surface area (Å²) >= 11 is 0. The summed E-state index contributed by atoms with van der Waals surface area (Å²) in [6.45, 7) is 0. The molecule has 0 aliphatic heterocycles. The van der Waals surface area contributed by atoms with Crippen molar-refractivity contribution in [2.45, 2.75) is 19.0 Å². The summed E-state index contributed by atoms with van der Waals surface area (Å²) in [5.41, 5.74) is -0.0578. The molecule has 1 aromatic carbocycles. The van der Waals surface area contributed by atoms with Crippen LogP contribution in [0.2, 0.25) is 0 Å². The van der Waals surface area contributed by atoms with Crippen molar-refractivity contribution in [1.29, 1.82) is 0 Å². The first kappa shape index (κ1) is 12.4. The number of carboxylic acid groups (broad SMARTS) is 1. The molecule has 1 aromatic heterocycles. The number of aromatic amines is 1. The number of H-pyrrole nitrogens is 1. The summed E-state index contributed by atoms with van der Waals surface area (Å²) in [5.74, 6) is -0.968. The SMILES string of the molecule is O=C(O)CCc1[nH]nc2cc(C(F)(F)F)ccc12. The number of hydrogen-bond donors (Lipinski definition) is 2. The third-order valence-electron chi connectivity index (χ3n) is 2.55. The fraction of sp³-hybridized carbons (Fsp3) is 0.273. The second-order valence-electron chi connectivity index (χ2n) is 3.83. The number of aromatic nitrogens is 2. The van der Waals surface area contributed by atoms with E-state index in [0.717, 1.165) is 12.1 Å². The highest BCUT2D eigenvalue weighted by atomic mass is 19.4. The number of carbonyl (C=O) groups is 1. The molecule has 0 fully saturated rings. The third-order valence-corrected chi connectivity index (χ3v) is 2.55. The van der Waals surface area contributed by atoms with Crippen molar-refractivity contribution in [2.75, 3.05) is 0 Å². The van der Waals surface area contributed by atoms with E-state index in [2.05, 4.69) is 10.2 Å².